The van der Waals surface area contributed by atoms with Crippen LogP contribution in [-0.4, -0.2) is 28.6 Å². The standard InChI is InChI=1S/C21H17N3O3S2/c1-11-7-8-12(2)14(9-11)22-16(25)10-24-15-6-4-3-5-13(15)17(20(24)27)18-19(26)23-21(28)29-18/h3-9H,10H2,1-2H3,(H,22,25)(H,23,26,28)/b18-17-. The zero-order valence-electron chi connectivity index (χ0n) is 15.7. The molecule has 0 saturated carbocycles. The summed E-state index contributed by atoms with van der Waals surface area (Å²) in [6.07, 6.45) is 0. The fourth-order valence-corrected chi connectivity index (χ4v) is 4.45. The average molecular weight is 424 g/mol. The number of nitrogens with zero attached hydrogens (tertiary/aromatic N) is 1. The van der Waals surface area contributed by atoms with Crippen molar-refractivity contribution in [2.24, 2.45) is 0 Å². The lowest BCUT2D eigenvalue weighted by Crippen LogP contribution is -2.35. The lowest BCUT2D eigenvalue weighted by Gasteiger charge is -2.17. The smallest absolute Gasteiger partial charge is 0.264 e. The van der Waals surface area contributed by atoms with Crippen molar-refractivity contribution in [2.75, 3.05) is 16.8 Å². The molecule has 1 saturated heterocycles. The Hall–Kier alpha value is -2.97. The van der Waals surface area contributed by atoms with E-state index in [2.05, 4.69) is 10.6 Å². The Labute approximate surface area is 177 Å². The van der Waals surface area contributed by atoms with E-state index in [4.69, 9.17) is 12.2 Å². The molecule has 4 rings (SSSR count). The monoisotopic (exact) mass is 423 g/mol. The number of carbonyl (C=O) groups excluding carboxylic acids is 3. The number of benzene rings is 2. The first kappa shape index (κ1) is 19.4. The molecule has 0 aromatic heterocycles. The van der Waals surface area contributed by atoms with Crippen molar-refractivity contribution in [3.05, 3.63) is 64.1 Å². The average Bonchev–Trinajstić information content (AvgIpc) is 3.14. The number of anilines is 2. The van der Waals surface area contributed by atoms with Gasteiger partial charge in [0.25, 0.3) is 11.8 Å². The van der Waals surface area contributed by atoms with Crippen molar-refractivity contribution in [3.63, 3.8) is 0 Å². The van der Waals surface area contributed by atoms with Gasteiger partial charge >= 0.3 is 0 Å². The van der Waals surface area contributed by atoms with E-state index in [0.29, 0.717) is 21.3 Å². The van der Waals surface area contributed by atoms with E-state index in [1.165, 1.54) is 4.90 Å². The Morgan fingerprint density at radius 3 is 2.66 bits per heavy atom. The molecule has 0 unspecified atom stereocenters. The summed E-state index contributed by atoms with van der Waals surface area (Å²) in [7, 11) is 0. The molecule has 8 heteroatoms. The van der Waals surface area contributed by atoms with E-state index in [9.17, 15) is 14.4 Å². The number of amides is 3. The van der Waals surface area contributed by atoms with Crippen LogP contribution in [0.5, 0.6) is 0 Å². The van der Waals surface area contributed by atoms with E-state index in [0.717, 1.165) is 22.9 Å². The van der Waals surface area contributed by atoms with Crippen molar-refractivity contribution >= 4 is 63.0 Å². The number of fused-ring (bicyclic) bond motifs is 1. The molecule has 0 bridgehead atoms. The van der Waals surface area contributed by atoms with Gasteiger partial charge in [-0.05, 0) is 37.1 Å². The van der Waals surface area contributed by atoms with Crippen LogP contribution >= 0.6 is 24.0 Å². The molecule has 2 aromatic carbocycles. The number of carbonyl (C=O) groups is 3. The molecule has 2 N–H and O–H groups in total. The van der Waals surface area contributed by atoms with E-state index in [-0.39, 0.29) is 34.7 Å². The Morgan fingerprint density at radius 1 is 1.17 bits per heavy atom. The van der Waals surface area contributed by atoms with Gasteiger partial charge in [0.15, 0.2) is 0 Å². The molecule has 2 aliphatic heterocycles. The van der Waals surface area contributed by atoms with Gasteiger partial charge in [-0.2, -0.15) is 0 Å². The normalized spacial score (nSPS) is 18.1. The predicted molar refractivity (Wildman–Crippen MR) is 119 cm³/mol. The van der Waals surface area contributed by atoms with Gasteiger partial charge in [-0.3, -0.25) is 19.3 Å². The van der Waals surface area contributed by atoms with Crippen LogP contribution in [0.1, 0.15) is 16.7 Å². The molecule has 146 valence electrons. The summed E-state index contributed by atoms with van der Waals surface area (Å²) in [6.45, 7) is 3.70. The minimum atomic E-state index is -0.389. The second-order valence-electron chi connectivity index (χ2n) is 6.82. The zero-order valence-corrected chi connectivity index (χ0v) is 17.4. The maximum absolute atomic E-state index is 13.2. The Balaban J connectivity index is 1.65. The van der Waals surface area contributed by atoms with Crippen LogP contribution in [-0.2, 0) is 14.4 Å². The number of rotatable bonds is 3. The highest BCUT2D eigenvalue weighted by Gasteiger charge is 2.39. The molecule has 29 heavy (non-hydrogen) atoms. The van der Waals surface area contributed by atoms with Gasteiger partial charge in [0.2, 0.25) is 5.91 Å². The molecule has 0 aliphatic carbocycles. The van der Waals surface area contributed by atoms with Crippen LogP contribution in [0.3, 0.4) is 0 Å². The molecular formula is C21H17N3O3S2. The number of para-hydroxylation sites is 1. The molecule has 0 spiro atoms. The van der Waals surface area contributed by atoms with Crippen LogP contribution in [0, 0.1) is 13.8 Å². The minimum absolute atomic E-state index is 0.156. The SMILES string of the molecule is Cc1ccc(C)c(NC(=O)CN2C(=O)/C(=C3\SC(=S)NC3=O)c3ccccc32)c1. The molecule has 2 heterocycles. The number of aryl methyl sites for hydroxylation is 2. The van der Waals surface area contributed by atoms with Crippen molar-refractivity contribution in [3.8, 4) is 0 Å². The van der Waals surface area contributed by atoms with Gasteiger partial charge in [-0.1, -0.05) is 54.3 Å². The molecule has 2 aliphatic rings. The zero-order chi connectivity index (χ0) is 20.7. The molecule has 6 nitrogen and oxygen atoms in total. The summed E-state index contributed by atoms with van der Waals surface area (Å²) in [5.41, 5.74) is 4.18. The van der Waals surface area contributed by atoms with Gasteiger partial charge in [0.1, 0.15) is 10.9 Å². The first-order valence-corrected chi connectivity index (χ1v) is 10.1. The first-order valence-electron chi connectivity index (χ1n) is 8.91. The summed E-state index contributed by atoms with van der Waals surface area (Å²) in [5.74, 6) is -1.09. The van der Waals surface area contributed by atoms with E-state index in [1.807, 2.05) is 32.0 Å². The first-order chi connectivity index (χ1) is 13.8. The molecule has 1 fully saturated rings. The second kappa shape index (κ2) is 7.46. The van der Waals surface area contributed by atoms with E-state index < -0.39 is 0 Å². The van der Waals surface area contributed by atoms with Gasteiger partial charge in [-0.25, -0.2) is 0 Å². The molecule has 3 amide bonds. The lowest BCUT2D eigenvalue weighted by molar-refractivity contribution is -0.118. The quantitative estimate of drug-likeness (QED) is 0.586. The Morgan fingerprint density at radius 2 is 1.93 bits per heavy atom. The number of nitrogens with one attached hydrogen (secondary N) is 2. The van der Waals surface area contributed by atoms with Gasteiger partial charge in [0.05, 0.1) is 16.2 Å². The Kier molecular flexibility index (Phi) is 4.97. The third-order valence-electron chi connectivity index (χ3n) is 4.74. The van der Waals surface area contributed by atoms with Crippen LogP contribution in [0.4, 0.5) is 11.4 Å². The summed E-state index contributed by atoms with van der Waals surface area (Å²) >= 11 is 6.12. The highest BCUT2D eigenvalue weighted by Crippen LogP contribution is 2.42. The highest BCUT2D eigenvalue weighted by atomic mass is 32.2. The number of thioether (sulfide) groups is 1. The molecule has 0 atom stereocenters. The topological polar surface area (TPSA) is 78.5 Å². The third-order valence-corrected chi connectivity index (χ3v) is 5.97. The summed E-state index contributed by atoms with van der Waals surface area (Å²) in [6, 6.07) is 12.9. The summed E-state index contributed by atoms with van der Waals surface area (Å²) in [5, 5.41) is 5.42. The predicted octanol–water partition coefficient (Wildman–Crippen LogP) is 3.15. The fourth-order valence-electron chi connectivity index (χ4n) is 3.34. The molecular weight excluding hydrogens is 406 g/mol. The number of hydrogen-bond donors (Lipinski definition) is 2. The van der Waals surface area contributed by atoms with Crippen LogP contribution in [0.25, 0.3) is 5.57 Å². The van der Waals surface area contributed by atoms with Crippen molar-refractivity contribution in [1.82, 2.24) is 5.32 Å². The maximum Gasteiger partial charge on any atom is 0.264 e. The van der Waals surface area contributed by atoms with Crippen LogP contribution < -0.4 is 15.5 Å². The van der Waals surface area contributed by atoms with Crippen molar-refractivity contribution < 1.29 is 14.4 Å². The van der Waals surface area contributed by atoms with E-state index >= 15 is 0 Å². The third kappa shape index (κ3) is 3.56. The molecule has 2 aromatic rings. The number of thiocarbonyl (C=S) groups is 1. The fraction of sp³-hybridized carbons (Fsp3) is 0.143. The minimum Gasteiger partial charge on any atom is -0.324 e. The largest absolute Gasteiger partial charge is 0.324 e. The second-order valence-corrected chi connectivity index (χ2v) is 8.51. The van der Waals surface area contributed by atoms with E-state index in [1.54, 1.807) is 24.3 Å². The summed E-state index contributed by atoms with van der Waals surface area (Å²) in [4.78, 5) is 39.8. The van der Waals surface area contributed by atoms with Crippen molar-refractivity contribution in [1.29, 1.82) is 0 Å². The lowest BCUT2D eigenvalue weighted by atomic mass is 10.1. The van der Waals surface area contributed by atoms with Crippen LogP contribution in [0.2, 0.25) is 0 Å². The highest BCUT2D eigenvalue weighted by molar-refractivity contribution is 8.27. The van der Waals surface area contributed by atoms with Crippen LogP contribution in [0.15, 0.2) is 47.4 Å². The van der Waals surface area contributed by atoms with Crippen molar-refractivity contribution in [2.45, 2.75) is 13.8 Å². The number of hydrogen-bond acceptors (Lipinski definition) is 5. The van der Waals surface area contributed by atoms with Gasteiger partial charge in [-0.15, -0.1) is 0 Å². The maximum atomic E-state index is 13.2. The summed E-state index contributed by atoms with van der Waals surface area (Å²) < 4.78 is 0.314. The Bertz CT molecular complexity index is 1120. The van der Waals surface area contributed by atoms with Gasteiger partial charge < -0.3 is 10.6 Å². The molecule has 0 radical (unpaired) electrons. The van der Waals surface area contributed by atoms with Gasteiger partial charge in [0, 0.05) is 11.3 Å².